The summed E-state index contributed by atoms with van der Waals surface area (Å²) in [5, 5.41) is 8.50. The average molecular weight is 351 g/mol. The molecule has 0 atom stereocenters. The SMILES string of the molecule is Cc1ccc(N2CCC3(CCN(C(=O)c4ccncc4)CC3)CC2)nn1. The molecule has 4 rings (SSSR count). The second-order valence-corrected chi connectivity index (χ2v) is 7.55. The summed E-state index contributed by atoms with van der Waals surface area (Å²) in [4.78, 5) is 20.9. The van der Waals surface area contributed by atoms with Gasteiger partial charge in [0.15, 0.2) is 5.82 Å². The summed E-state index contributed by atoms with van der Waals surface area (Å²) < 4.78 is 0. The predicted molar refractivity (Wildman–Crippen MR) is 100 cm³/mol. The van der Waals surface area contributed by atoms with Gasteiger partial charge >= 0.3 is 0 Å². The van der Waals surface area contributed by atoms with Crippen molar-refractivity contribution in [3.05, 3.63) is 47.9 Å². The number of likely N-dealkylation sites (tertiary alicyclic amines) is 1. The van der Waals surface area contributed by atoms with Crippen molar-refractivity contribution in [2.45, 2.75) is 32.6 Å². The van der Waals surface area contributed by atoms with Crippen LogP contribution >= 0.6 is 0 Å². The Hall–Kier alpha value is -2.50. The number of aromatic nitrogens is 3. The van der Waals surface area contributed by atoms with Gasteiger partial charge in [-0.25, -0.2) is 0 Å². The fraction of sp³-hybridized carbons (Fsp3) is 0.500. The number of hydrogen-bond acceptors (Lipinski definition) is 5. The Morgan fingerprint density at radius 2 is 1.58 bits per heavy atom. The summed E-state index contributed by atoms with van der Waals surface area (Å²) in [6, 6.07) is 7.69. The minimum Gasteiger partial charge on any atom is -0.355 e. The Labute approximate surface area is 154 Å². The van der Waals surface area contributed by atoms with Crippen molar-refractivity contribution in [2.75, 3.05) is 31.1 Å². The van der Waals surface area contributed by atoms with E-state index in [1.165, 1.54) is 12.8 Å². The second-order valence-electron chi connectivity index (χ2n) is 7.55. The fourth-order valence-corrected chi connectivity index (χ4v) is 4.13. The highest BCUT2D eigenvalue weighted by Crippen LogP contribution is 2.42. The fourth-order valence-electron chi connectivity index (χ4n) is 4.13. The third-order valence-corrected chi connectivity index (χ3v) is 5.97. The molecule has 1 amide bonds. The van der Waals surface area contributed by atoms with Gasteiger partial charge in [0.2, 0.25) is 0 Å². The molecular weight excluding hydrogens is 326 g/mol. The number of carbonyl (C=O) groups is 1. The van der Waals surface area contributed by atoms with Crippen LogP contribution in [0.4, 0.5) is 5.82 Å². The summed E-state index contributed by atoms with van der Waals surface area (Å²) in [6.45, 7) is 5.71. The number of hydrogen-bond donors (Lipinski definition) is 0. The Kier molecular flexibility index (Phi) is 4.57. The van der Waals surface area contributed by atoms with E-state index in [-0.39, 0.29) is 5.91 Å². The maximum absolute atomic E-state index is 12.6. The van der Waals surface area contributed by atoms with Crippen molar-refractivity contribution in [1.82, 2.24) is 20.1 Å². The molecule has 2 fully saturated rings. The second kappa shape index (κ2) is 7.02. The zero-order valence-electron chi connectivity index (χ0n) is 15.3. The molecular formula is C20H25N5O. The molecule has 0 saturated carbocycles. The first kappa shape index (κ1) is 16.9. The van der Waals surface area contributed by atoms with Gasteiger partial charge in [-0.1, -0.05) is 0 Å². The van der Waals surface area contributed by atoms with Crippen molar-refractivity contribution in [1.29, 1.82) is 0 Å². The van der Waals surface area contributed by atoms with Gasteiger partial charge < -0.3 is 9.80 Å². The minimum atomic E-state index is 0.134. The van der Waals surface area contributed by atoms with E-state index in [0.29, 0.717) is 5.41 Å². The zero-order chi connectivity index (χ0) is 18.0. The molecule has 2 aliphatic rings. The third-order valence-electron chi connectivity index (χ3n) is 5.97. The van der Waals surface area contributed by atoms with E-state index in [9.17, 15) is 4.79 Å². The number of pyridine rings is 1. The Morgan fingerprint density at radius 3 is 2.19 bits per heavy atom. The van der Waals surface area contributed by atoms with Crippen LogP contribution in [0.1, 0.15) is 41.7 Å². The van der Waals surface area contributed by atoms with E-state index in [2.05, 4.69) is 26.1 Å². The zero-order valence-corrected chi connectivity index (χ0v) is 15.3. The van der Waals surface area contributed by atoms with Crippen molar-refractivity contribution in [2.24, 2.45) is 5.41 Å². The van der Waals surface area contributed by atoms with Gasteiger partial charge in [0, 0.05) is 44.1 Å². The van der Waals surface area contributed by atoms with Gasteiger partial charge in [-0.15, -0.1) is 5.10 Å². The highest BCUT2D eigenvalue weighted by atomic mass is 16.2. The molecule has 2 saturated heterocycles. The molecule has 2 aromatic rings. The molecule has 0 unspecified atom stereocenters. The number of amides is 1. The van der Waals surface area contributed by atoms with Crippen molar-refractivity contribution < 1.29 is 4.79 Å². The molecule has 2 aromatic heterocycles. The normalized spacial score (nSPS) is 19.6. The highest BCUT2D eigenvalue weighted by molar-refractivity contribution is 5.94. The standard InChI is InChI=1S/C20H25N5O/c1-16-2-3-18(23-22-16)24-12-6-20(7-13-24)8-14-25(15-9-20)19(26)17-4-10-21-11-5-17/h2-5,10-11H,6-9,12-15H2,1H3. The van der Waals surface area contributed by atoms with E-state index >= 15 is 0 Å². The van der Waals surface area contributed by atoms with E-state index in [4.69, 9.17) is 0 Å². The Morgan fingerprint density at radius 1 is 0.923 bits per heavy atom. The largest absolute Gasteiger partial charge is 0.355 e. The van der Waals surface area contributed by atoms with Crippen molar-refractivity contribution in [3.63, 3.8) is 0 Å². The Bertz CT molecular complexity index is 744. The highest BCUT2D eigenvalue weighted by Gasteiger charge is 2.38. The number of piperidine rings is 2. The summed E-state index contributed by atoms with van der Waals surface area (Å²) >= 11 is 0. The lowest BCUT2D eigenvalue weighted by molar-refractivity contribution is 0.0514. The first-order valence-corrected chi connectivity index (χ1v) is 9.40. The lowest BCUT2D eigenvalue weighted by Gasteiger charge is -2.47. The molecule has 26 heavy (non-hydrogen) atoms. The average Bonchev–Trinajstić information content (AvgIpc) is 2.70. The first-order chi connectivity index (χ1) is 12.7. The number of anilines is 1. The molecule has 0 N–H and O–H groups in total. The van der Waals surface area contributed by atoms with Gasteiger partial charge in [-0.3, -0.25) is 9.78 Å². The molecule has 0 radical (unpaired) electrons. The summed E-state index contributed by atoms with van der Waals surface area (Å²) in [6.07, 6.45) is 7.89. The van der Waals surface area contributed by atoms with Crippen LogP contribution in [-0.2, 0) is 0 Å². The summed E-state index contributed by atoms with van der Waals surface area (Å²) in [5.41, 5.74) is 2.07. The van der Waals surface area contributed by atoms with Crippen LogP contribution < -0.4 is 4.90 Å². The van der Waals surface area contributed by atoms with Gasteiger partial charge in [-0.2, -0.15) is 5.10 Å². The number of rotatable bonds is 2. The van der Waals surface area contributed by atoms with Crippen LogP contribution in [0.15, 0.2) is 36.7 Å². The predicted octanol–water partition coefficient (Wildman–Crippen LogP) is 2.70. The van der Waals surface area contributed by atoms with Crippen molar-refractivity contribution >= 4 is 11.7 Å². The Balaban J connectivity index is 1.33. The van der Waals surface area contributed by atoms with Gasteiger partial charge in [0.1, 0.15) is 0 Å². The van der Waals surface area contributed by atoms with Crippen LogP contribution in [0.25, 0.3) is 0 Å². The molecule has 1 spiro atoms. The smallest absolute Gasteiger partial charge is 0.253 e. The summed E-state index contributed by atoms with van der Waals surface area (Å²) in [7, 11) is 0. The van der Waals surface area contributed by atoms with E-state index in [1.54, 1.807) is 24.5 Å². The first-order valence-electron chi connectivity index (χ1n) is 9.40. The topological polar surface area (TPSA) is 62.2 Å². The summed E-state index contributed by atoms with van der Waals surface area (Å²) in [5.74, 6) is 1.12. The van der Waals surface area contributed by atoms with Gasteiger partial charge in [0.05, 0.1) is 5.69 Å². The van der Waals surface area contributed by atoms with E-state index in [1.807, 2.05) is 17.9 Å². The van der Waals surface area contributed by atoms with E-state index in [0.717, 1.165) is 56.1 Å². The van der Waals surface area contributed by atoms with Crippen LogP contribution in [-0.4, -0.2) is 52.2 Å². The maximum atomic E-state index is 12.6. The van der Waals surface area contributed by atoms with E-state index < -0.39 is 0 Å². The van der Waals surface area contributed by atoms with Crippen molar-refractivity contribution in [3.8, 4) is 0 Å². The van der Waals surface area contributed by atoms with Crippen LogP contribution in [0, 0.1) is 12.3 Å². The molecule has 0 aromatic carbocycles. The molecule has 136 valence electrons. The molecule has 6 heteroatoms. The van der Waals surface area contributed by atoms with Gasteiger partial charge in [0.25, 0.3) is 5.91 Å². The minimum absolute atomic E-state index is 0.134. The molecule has 6 nitrogen and oxygen atoms in total. The van der Waals surface area contributed by atoms with Crippen LogP contribution in [0.5, 0.6) is 0 Å². The monoisotopic (exact) mass is 351 g/mol. The van der Waals surface area contributed by atoms with Crippen LogP contribution in [0.2, 0.25) is 0 Å². The quantitative estimate of drug-likeness (QED) is 0.832. The van der Waals surface area contributed by atoms with Gasteiger partial charge in [-0.05, 0) is 62.3 Å². The number of nitrogens with zero attached hydrogens (tertiary/aromatic N) is 5. The maximum Gasteiger partial charge on any atom is 0.253 e. The lowest BCUT2D eigenvalue weighted by atomic mass is 9.71. The lowest BCUT2D eigenvalue weighted by Crippen LogP contribution is -2.48. The number of aryl methyl sites for hydroxylation is 1. The number of carbonyl (C=O) groups excluding carboxylic acids is 1. The molecule has 2 aliphatic heterocycles. The van der Waals surface area contributed by atoms with Crippen LogP contribution in [0.3, 0.4) is 0 Å². The molecule has 4 heterocycles. The molecule has 0 bridgehead atoms. The third kappa shape index (κ3) is 3.41. The molecule has 0 aliphatic carbocycles.